The van der Waals surface area contributed by atoms with Gasteiger partial charge in [-0.05, 0) is 25.5 Å². The third-order valence-corrected chi connectivity index (χ3v) is 5.36. The van der Waals surface area contributed by atoms with Crippen molar-refractivity contribution in [3.8, 4) is 0 Å². The summed E-state index contributed by atoms with van der Waals surface area (Å²) >= 11 is 4.96. The van der Waals surface area contributed by atoms with Gasteiger partial charge in [0.05, 0.1) is 10.6 Å². The second-order valence-corrected chi connectivity index (χ2v) is 7.24. The molecule has 0 amide bonds. The molecule has 0 radical (unpaired) electrons. The number of nitrogens with zero attached hydrogens (tertiary/aromatic N) is 4. The maximum absolute atomic E-state index is 11.3. The van der Waals surface area contributed by atoms with Gasteiger partial charge < -0.3 is 9.80 Å². The van der Waals surface area contributed by atoms with Crippen molar-refractivity contribution in [2.45, 2.75) is 13.3 Å². The van der Waals surface area contributed by atoms with Crippen LogP contribution in [0.1, 0.15) is 12.1 Å². The zero-order chi connectivity index (χ0) is 16.4. The van der Waals surface area contributed by atoms with Crippen molar-refractivity contribution < 1.29 is 4.92 Å². The Balaban J connectivity index is 1.79. The second kappa shape index (κ2) is 6.84. The van der Waals surface area contributed by atoms with Gasteiger partial charge in [0, 0.05) is 42.1 Å². The summed E-state index contributed by atoms with van der Waals surface area (Å²) < 4.78 is 0.725. The molecule has 1 aromatic carbocycles. The number of rotatable bonds is 3. The van der Waals surface area contributed by atoms with Crippen molar-refractivity contribution in [3.63, 3.8) is 0 Å². The number of nitro groups is 1. The van der Waals surface area contributed by atoms with Gasteiger partial charge in [-0.25, -0.2) is 4.98 Å². The molecule has 1 saturated heterocycles. The molecule has 6 nitrogen and oxygen atoms in total. The Morgan fingerprint density at radius 3 is 2.70 bits per heavy atom. The highest BCUT2D eigenvalue weighted by molar-refractivity contribution is 9.10. The number of nitro benzene ring substituents is 1. The monoisotopic (exact) mass is 396 g/mol. The molecule has 1 aliphatic heterocycles. The zero-order valence-corrected chi connectivity index (χ0v) is 15.1. The number of thiazole rings is 1. The summed E-state index contributed by atoms with van der Waals surface area (Å²) in [4.78, 5) is 19.9. The van der Waals surface area contributed by atoms with E-state index in [1.165, 1.54) is 0 Å². The van der Waals surface area contributed by atoms with Crippen LogP contribution in [0, 0.1) is 17.0 Å². The first kappa shape index (κ1) is 16.2. The van der Waals surface area contributed by atoms with Gasteiger partial charge in [0.1, 0.15) is 5.69 Å². The molecule has 0 unspecified atom stereocenters. The number of hydrogen-bond acceptors (Lipinski definition) is 6. The normalized spacial score (nSPS) is 15.6. The summed E-state index contributed by atoms with van der Waals surface area (Å²) in [5, 5.41) is 14.4. The fraction of sp³-hybridized carbons (Fsp3) is 0.400. The van der Waals surface area contributed by atoms with E-state index in [2.05, 4.69) is 36.1 Å². The SMILES string of the molecule is Cc1csc(N2CCCN(c3ccc(Br)cc3[N+](=O)[O-])CC2)n1. The molecule has 2 aromatic rings. The van der Waals surface area contributed by atoms with Crippen molar-refractivity contribution in [2.24, 2.45) is 0 Å². The molecule has 0 bridgehead atoms. The second-order valence-electron chi connectivity index (χ2n) is 5.49. The van der Waals surface area contributed by atoms with Crippen molar-refractivity contribution in [3.05, 3.63) is 43.9 Å². The molecule has 0 spiro atoms. The minimum Gasteiger partial charge on any atom is -0.364 e. The van der Waals surface area contributed by atoms with Crippen LogP contribution < -0.4 is 9.80 Å². The van der Waals surface area contributed by atoms with Gasteiger partial charge in [-0.1, -0.05) is 15.9 Å². The lowest BCUT2D eigenvalue weighted by molar-refractivity contribution is -0.384. The Labute approximate surface area is 147 Å². The van der Waals surface area contributed by atoms with Gasteiger partial charge in [0.2, 0.25) is 0 Å². The average Bonchev–Trinajstić information content (AvgIpc) is 2.81. The number of anilines is 2. The Kier molecular flexibility index (Phi) is 4.82. The van der Waals surface area contributed by atoms with Crippen LogP contribution in [0.3, 0.4) is 0 Å². The van der Waals surface area contributed by atoms with E-state index in [1.54, 1.807) is 17.4 Å². The summed E-state index contributed by atoms with van der Waals surface area (Å²) in [7, 11) is 0. The molecule has 2 heterocycles. The topological polar surface area (TPSA) is 62.5 Å². The van der Waals surface area contributed by atoms with Gasteiger partial charge in [-0.15, -0.1) is 11.3 Å². The third kappa shape index (κ3) is 3.64. The van der Waals surface area contributed by atoms with Crippen molar-refractivity contribution >= 4 is 43.8 Å². The molecule has 0 atom stereocenters. The Morgan fingerprint density at radius 1 is 1.26 bits per heavy atom. The Hall–Kier alpha value is -1.67. The van der Waals surface area contributed by atoms with Gasteiger partial charge >= 0.3 is 0 Å². The maximum Gasteiger partial charge on any atom is 0.293 e. The molecule has 1 aromatic heterocycles. The summed E-state index contributed by atoms with van der Waals surface area (Å²) in [5.41, 5.74) is 1.88. The number of halogens is 1. The van der Waals surface area contributed by atoms with E-state index in [1.807, 2.05) is 19.1 Å². The zero-order valence-electron chi connectivity index (χ0n) is 12.7. The first-order valence-corrected chi connectivity index (χ1v) is 9.08. The van der Waals surface area contributed by atoms with E-state index >= 15 is 0 Å². The van der Waals surface area contributed by atoms with Gasteiger partial charge in [0.25, 0.3) is 5.69 Å². The van der Waals surface area contributed by atoms with Gasteiger partial charge in [-0.3, -0.25) is 10.1 Å². The maximum atomic E-state index is 11.3. The van der Waals surface area contributed by atoms with Crippen molar-refractivity contribution in [1.82, 2.24) is 4.98 Å². The number of aryl methyl sites for hydroxylation is 1. The molecule has 0 aliphatic carbocycles. The minimum atomic E-state index is -0.313. The summed E-state index contributed by atoms with van der Waals surface area (Å²) in [5.74, 6) is 0. The number of aromatic nitrogens is 1. The highest BCUT2D eigenvalue weighted by Crippen LogP contribution is 2.32. The summed E-state index contributed by atoms with van der Waals surface area (Å²) in [6, 6.07) is 5.25. The lowest BCUT2D eigenvalue weighted by Crippen LogP contribution is -2.31. The quantitative estimate of drug-likeness (QED) is 0.582. The standard InChI is InChI=1S/C15H17BrN4O2S/c1-11-10-23-15(17-11)19-6-2-5-18(7-8-19)13-4-3-12(16)9-14(13)20(21)22/h3-4,9-10H,2,5-8H2,1H3. The van der Waals surface area contributed by atoms with Crippen LogP contribution in [-0.2, 0) is 0 Å². The van der Waals surface area contributed by atoms with Gasteiger partial charge in [0.15, 0.2) is 5.13 Å². The van der Waals surface area contributed by atoms with Crippen LogP contribution in [0.5, 0.6) is 0 Å². The largest absolute Gasteiger partial charge is 0.364 e. The van der Waals surface area contributed by atoms with Crippen LogP contribution >= 0.6 is 27.3 Å². The lowest BCUT2D eigenvalue weighted by atomic mass is 10.2. The van der Waals surface area contributed by atoms with E-state index in [4.69, 9.17) is 0 Å². The predicted octanol–water partition coefficient (Wildman–Crippen LogP) is 3.84. The van der Waals surface area contributed by atoms with Crippen molar-refractivity contribution in [2.75, 3.05) is 36.0 Å². The molecule has 0 saturated carbocycles. The molecule has 8 heteroatoms. The average molecular weight is 397 g/mol. The Morgan fingerprint density at radius 2 is 2.00 bits per heavy atom. The molecule has 122 valence electrons. The molecule has 3 rings (SSSR count). The first-order valence-electron chi connectivity index (χ1n) is 7.40. The van der Waals surface area contributed by atoms with E-state index in [0.29, 0.717) is 5.69 Å². The molecule has 0 N–H and O–H groups in total. The fourth-order valence-corrected chi connectivity index (χ4v) is 3.95. The molecule has 1 aliphatic rings. The first-order chi connectivity index (χ1) is 11.0. The van der Waals surface area contributed by atoms with Crippen molar-refractivity contribution in [1.29, 1.82) is 0 Å². The fourth-order valence-electron chi connectivity index (χ4n) is 2.75. The van der Waals surface area contributed by atoms with E-state index < -0.39 is 0 Å². The molecule has 1 fully saturated rings. The van der Waals surface area contributed by atoms with E-state index in [9.17, 15) is 10.1 Å². The number of hydrogen-bond donors (Lipinski definition) is 0. The van der Waals surface area contributed by atoms with Crippen LogP contribution in [-0.4, -0.2) is 36.1 Å². The Bertz CT molecular complexity index is 721. The van der Waals surface area contributed by atoms with Crippen LogP contribution in [0.2, 0.25) is 0 Å². The van der Waals surface area contributed by atoms with Crippen LogP contribution in [0.25, 0.3) is 0 Å². The van der Waals surface area contributed by atoms with Gasteiger partial charge in [-0.2, -0.15) is 0 Å². The molecular weight excluding hydrogens is 380 g/mol. The summed E-state index contributed by atoms with van der Waals surface area (Å²) in [6.45, 7) is 5.30. The lowest BCUT2D eigenvalue weighted by Gasteiger charge is -2.23. The van der Waals surface area contributed by atoms with E-state index in [-0.39, 0.29) is 10.6 Å². The number of benzene rings is 1. The van der Waals surface area contributed by atoms with Crippen LogP contribution in [0.15, 0.2) is 28.1 Å². The summed E-state index contributed by atoms with van der Waals surface area (Å²) in [6.07, 6.45) is 0.950. The smallest absolute Gasteiger partial charge is 0.293 e. The highest BCUT2D eigenvalue weighted by atomic mass is 79.9. The van der Waals surface area contributed by atoms with Crippen LogP contribution in [0.4, 0.5) is 16.5 Å². The molecular formula is C15H17BrN4O2S. The third-order valence-electron chi connectivity index (χ3n) is 3.85. The minimum absolute atomic E-state index is 0.151. The molecule has 23 heavy (non-hydrogen) atoms. The highest BCUT2D eigenvalue weighted by Gasteiger charge is 2.23. The predicted molar refractivity (Wildman–Crippen MR) is 96.7 cm³/mol. The van der Waals surface area contributed by atoms with E-state index in [0.717, 1.165) is 47.9 Å².